The molecule has 0 N–H and O–H groups in total. The third kappa shape index (κ3) is 4.19. The fourth-order valence-corrected chi connectivity index (χ4v) is 3.31. The van der Waals surface area contributed by atoms with E-state index in [9.17, 15) is 4.79 Å². The summed E-state index contributed by atoms with van der Waals surface area (Å²) in [6.07, 6.45) is 0.186. The van der Waals surface area contributed by atoms with E-state index in [-0.39, 0.29) is 19.0 Å². The standard InChI is InChI=1S/C18H22N4O3S/c1-11(2)9-22-13(4)14(12(3)20-22)8-17(23)24-10-16-19-18(25-21-16)15-6-5-7-26-15/h5-7,11H,8-10H2,1-4H3. The van der Waals surface area contributed by atoms with Crippen LogP contribution in [0.5, 0.6) is 0 Å². The summed E-state index contributed by atoms with van der Waals surface area (Å²) in [5.41, 5.74) is 2.79. The van der Waals surface area contributed by atoms with Gasteiger partial charge in [0.25, 0.3) is 5.89 Å². The van der Waals surface area contributed by atoms with Crippen LogP contribution in [0, 0.1) is 19.8 Å². The minimum absolute atomic E-state index is 0.00800. The smallest absolute Gasteiger partial charge is 0.310 e. The van der Waals surface area contributed by atoms with Crippen LogP contribution in [0.25, 0.3) is 10.8 Å². The van der Waals surface area contributed by atoms with E-state index in [0.29, 0.717) is 17.6 Å². The van der Waals surface area contributed by atoms with Gasteiger partial charge in [-0.3, -0.25) is 9.48 Å². The second kappa shape index (κ2) is 7.82. The van der Waals surface area contributed by atoms with Crippen molar-refractivity contribution in [2.75, 3.05) is 0 Å². The molecule has 7 nitrogen and oxygen atoms in total. The van der Waals surface area contributed by atoms with E-state index in [4.69, 9.17) is 9.26 Å². The van der Waals surface area contributed by atoms with Gasteiger partial charge in [0.2, 0.25) is 5.82 Å². The second-order valence-corrected chi connectivity index (χ2v) is 7.50. The van der Waals surface area contributed by atoms with Crippen molar-refractivity contribution in [3.05, 3.63) is 40.3 Å². The first-order chi connectivity index (χ1) is 12.4. The Morgan fingerprint density at radius 3 is 2.88 bits per heavy atom. The topological polar surface area (TPSA) is 83.0 Å². The summed E-state index contributed by atoms with van der Waals surface area (Å²) < 4.78 is 12.4. The zero-order chi connectivity index (χ0) is 18.7. The van der Waals surface area contributed by atoms with Crippen LogP contribution in [0.3, 0.4) is 0 Å². The summed E-state index contributed by atoms with van der Waals surface area (Å²) in [6.45, 7) is 9.00. The molecule has 3 rings (SSSR count). The van der Waals surface area contributed by atoms with Gasteiger partial charge in [0.05, 0.1) is 17.0 Å². The third-order valence-corrected chi connectivity index (χ3v) is 4.81. The highest BCUT2D eigenvalue weighted by Crippen LogP contribution is 2.22. The first-order valence-corrected chi connectivity index (χ1v) is 9.37. The highest BCUT2D eigenvalue weighted by atomic mass is 32.1. The van der Waals surface area contributed by atoms with E-state index < -0.39 is 0 Å². The van der Waals surface area contributed by atoms with Gasteiger partial charge in [-0.15, -0.1) is 11.3 Å². The number of carbonyl (C=O) groups excluding carboxylic acids is 1. The fourth-order valence-electron chi connectivity index (χ4n) is 2.67. The molecule has 0 aliphatic rings. The Kier molecular flexibility index (Phi) is 5.51. The minimum Gasteiger partial charge on any atom is -0.457 e. The van der Waals surface area contributed by atoms with Crippen LogP contribution in [-0.2, 0) is 29.1 Å². The normalized spacial score (nSPS) is 11.3. The molecule has 3 aromatic heterocycles. The number of hydrogen-bond acceptors (Lipinski definition) is 7. The molecule has 3 heterocycles. The van der Waals surface area contributed by atoms with E-state index in [1.807, 2.05) is 36.0 Å². The Morgan fingerprint density at radius 2 is 2.19 bits per heavy atom. The number of thiophene rings is 1. The lowest BCUT2D eigenvalue weighted by molar-refractivity contribution is -0.144. The average Bonchev–Trinajstić information content (AvgIpc) is 3.30. The van der Waals surface area contributed by atoms with Crippen molar-refractivity contribution >= 4 is 17.3 Å². The van der Waals surface area contributed by atoms with Gasteiger partial charge in [0, 0.05) is 17.8 Å². The number of esters is 1. The van der Waals surface area contributed by atoms with Crippen LogP contribution < -0.4 is 0 Å². The number of aryl methyl sites for hydroxylation is 1. The molecule has 0 radical (unpaired) electrons. The molecule has 0 amide bonds. The SMILES string of the molecule is Cc1nn(CC(C)C)c(C)c1CC(=O)OCc1noc(-c2cccs2)n1. The Bertz CT molecular complexity index is 881. The summed E-state index contributed by atoms with van der Waals surface area (Å²) >= 11 is 1.51. The zero-order valence-corrected chi connectivity index (χ0v) is 16.2. The molecule has 26 heavy (non-hydrogen) atoms. The van der Waals surface area contributed by atoms with Crippen LogP contribution in [0.2, 0.25) is 0 Å². The molecule has 8 heteroatoms. The van der Waals surface area contributed by atoms with E-state index in [1.54, 1.807) is 0 Å². The highest BCUT2D eigenvalue weighted by molar-refractivity contribution is 7.13. The number of hydrogen-bond donors (Lipinski definition) is 0. The van der Waals surface area contributed by atoms with Crippen LogP contribution in [0.15, 0.2) is 22.0 Å². The number of rotatable bonds is 7. The van der Waals surface area contributed by atoms with Crippen molar-refractivity contribution < 1.29 is 14.1 Å². The van der Waals surface area contributed by atoms with E-state index in [0.717, 1.165) is 28.4 Å². The maximum Gasteiger partial charge on any atom is 0.310 e. The lowest BCUT2D eigenvalue weighted by Crippen LogP contribution is -2.11. The molecule has 0 fully saturated rings. The molecule has 3 aromatic rings. The summed E-state index contributed by atoms with van der Waals surface area (Å²) in [6, 6.07) is 3.81. The van der Waals surface area contributed by atoms with Gasteiger partial charge in [-0.25, -0.2) is 0 Å². The van der Waals surface area contributed by atoms with Crippen molar-refractivity contribution in [3.63, 3.8) is 0 Å². The maximum absolute atomic E-state index is 12.2. The fraction of sp³-hybridized carbons (Fsp3) is 0.444. The van der Waals surface area contributed by atoms with Crippen LogP contribution >= 0.6 is 11.3 Å². The first-order valence-electron chi connectivity index (χ1n) is 8.49. The van der Waals surface area contributed by atoms with Crippen molar-refractivity contribution in [3.8, 4) is 10.8 Å². The molecule has 0 aliphatic carbocycles. The predicted molar refractivity (Wildman–Crippen MR) is 97.7 cm³/mol. The molecule has 0 saturated heterocycles. The average molecular weight is 374 g/mol. The lowest BCUT2D eigenvalue weighted by atomic mass is 10.1. The molecule has 0 aromatic carbocycles. The van der Waals surface area contributed by atoms with Gasteiger partial charge in [0.1, 0.15) is 0 Å². The highest BCUT2D eigenvalue weighted by Gasteiger charge is 2.17. The van der Waals surface area contributed by atoms with Gasteiger partial charge in [-0.05, 0) is 31.2 Å². The van der Waals surface area contributed by atoms with E-state index >= 15 is 0 Å². The largest absolute Gasteiger partial charge is 0.457 e. The minimum atomic E-state index is -0.331. The Balaban J connectivity index is 1.59. The molecule has 138 valence electrons. The summed E-state index contributed by atoms with van der Waals surface area (Å²) in [7, 11) is 0. The molecule has 0 spiro atoms. The first kappa shape index (κ1) is 18.3. The molecular formula is C18H22N4O3S. The zero-order valence-electron chi connectivity index (χ0n) is 15.4. The number of ether oxygens (including phenoxy) is 1. The Morgan fingerprint density at radius 1 is 1.38 bits per heavy atom. The van der Waals surface area contributed by atoms with Gasteiger partial charge in [0.15, 0.2) is 6.61 Å². The van der Waals surface area contributed by atoms with Gasteiger partial charge in [-0.2, -0.15) is 10.1 Å². The molecule has 0 aliphatic heterocycles. The van der Waals surface area contributed by atoms with Crippen molar-refractivity contribution in [2.45, 2.75) is 47.3 Å². The summed E-state index contributed by atoms with van der Waals surface area (Å²) in [4.78, 5) is 17.3. The number of aromatic nitrogens is 4. The summed E-state index contributed by atoms with van der Waals surface area (Å²) in [5.74, 6) is 0.949. The molecule has 0 atom stereocenters. The molecule has 0 bridgehead atoms. The molecular weight excluding hydrogens is 352 g/mol. The quantitative estimate of drug-likeness (QED) is 0.588. The van der Waals surface area contributed by atoms with Gasteiger partial charge < -0.3 is 9.26 Å². The molecule has 0 saturated carbocycles. The van der Waals surface area contributed by atoms with Crippen LogP contribution in [0.1, 0.15) is 36.6 Å². The Labute approximate surface area is 156 Å². The van der Waals surface area contributed by atoms with Crippen molar-refractivity contribution in [2.24, 2.45) is 5.92 Å². The van der Waals surface area contributed by atoms with Crippen molar-refractivity contribution in [1.29, 1.82) is 0 Å². The number of carbonyl (C=O) groups is 1. The lowest BCUT2D eigenvalue weighted by Gasteiger charge is -2.08. The number of nitrogens with zero attached hydrogens (tertiary/aromatic N) is 4. The van der Waals surface area contributed by atoms with E-state index in [1.165, 1.54) is 11.3 Å². The van der Waals surface area contributed by atoms with Crippen molar-refractivity contribution in [1.82, 2.24) is 19.9 Å². The van der Waals surface area contributed by atoms with E-state index in [2.05, 4.69) is 29.1 Å². The summed E-state index contributed by atoms with van der Waals surface area (Å²) in [5, 5.41) is 10.3. The maximum atomic E-state index is 12.2. The monoisotopic (exact) mass is 374 g/mol. The van der Waals surface area contributed by atoms with Gasteiger partial charge in [-0.1, -0.05) is 25.1 Å². The molecule has 0 unspecified atom stereocenters. The Hall–Kier alpha value is -2.48. The van der Waals surface area contributed by atoms with Crippen LogP contribution in [0.4, 0.5) is 0 Å². The predicted octanol–water partition coefficient (Wildman–Crippen LogP) is 3.55. The van der Waals surface area contributed by atoms with Crippen LogP contribution in [-0.4, -0.2) is 25.9 Å². The third-order valence-electron chi connectivity index (χ3n) is 3.95. The second-order valence-electron chi connectivity index (χ2n) is 6.56. The van der Waals surface area contributed by atoms with Gasteiger partial charge >= 0.3 is 5.97 Å².